The lowest BCUT2D eigenvalue weighted by Gasteiger charge is -2.29. The summed E-state index contributed by atoms with van der Waals surface area (Å²) >= 11 is 0. The first-order valence-corrected chi connectivity index (χ1v) is 6.59. The Morgan fingerprint density at radius 1 is 1.24 bits per heavy atom. The van der Waals surface area contributed by atoms with E-state index in [9.17, 15) is 4.79 Å². The van der Waals surface area contributed by atoms with Gasteiger partial charge in [0.2, 0.25) is 5.91 Å². The SMILES string of the molecule is CCC1(Cc2ccccc2)CCCCNC1=O. The van der Waals surface area contributed by atoms with Crippen LogP contribution in [0.15, 0.2) is 30.3 Å². The number of nitrogens with one attached hydrogen (secondary N) is 1. The maximum atomic E-state index is 12.3. The van der Waals surface area contributed by atoms with Crippen molar-refractivity contribution in [1.82, 2.24) is 5.32 Å². The molecule has 1 fully saturated rings. The smallest absolute Gasteiger partial charge is 0.226 e. The van der Waals surface area contributed by atoms with Gasteiger partial charge in [0, 0.05) is 6.54 Å². The fourth-order valence-electron chi connectivity index (χ4n) is 2.71. The van der Waals surface area contributed by atoms with Crippen molar-refractivity contribution in [2.24, 2.45) is 5.41 Å². The Bertz CT molecular complexity index is 374. The maximum absolute atomic E-state index is 12.3. The van der Waals surface area contributed by atoms with Crippen LogP contribution < -0.4 is 5.32 Å². The second kappa shape index (κ2) is 5.35. The van der Waals surface area contributed by atoms with E-state index < -0.39 is 0 Å². The monoisotopic (exact) mass is 231 g/mol. The molecule has 1 atom stereocenters. The third-order valence-electron chi connectivity index (χ3n) is 3.91. The van der Waals surface area contributed by atoms with Crippen LogP contribution in [-0.2, 0) is 11.2 Å². The number of hydrogen-bond acceptors (Lipinski definition) is 1. The average Bonchev–Trinajstić information content (AvgIpc) is 2.54. The number of carbonyl (C=O) groups excluding carboxylic acids is 1. The first-order valence-electron chi connectivity index (χ1n) is 6.59. The largest absolute Gasteiger partial charge is 0.356 e. The summed E-state index contributed by atoms with van der Waals surface area (Å²) in [4.78, 5) is 12.3. The Hall–Kier alpha value is -1.31. The second-order valence-electron chi connectivity index (χ2n) is 5.01. The van der Waals surface area contributed by atoms with E-state index in [0.717, 1.165) is 38.6 Å². The lowest BCUT2D eigenvalue weighted by atomic mass is 9.75. The molecule has 2 rings (SSSR count). The van der Waals surface area contributed by atoms with Gasteiger partial charge in [-0.15, -0.1) is 0 Å². The number of rotatable bonds is 3. The summed E-state index contributed by atoms with van der Waals surface area (Å²) in [6.07, 6.45) is 5.08. The molecule has 1 amide bonds. The van der Waals surface area contributed by atoms with Crippen molar-refractivity contribution in [3.05, 3.63) is 35.9 Å². The molecule has 0 aromatic heterocycles. The quantitative estimate of drug-likeness (QED) is 0.851. The van der Waals surface area contributed by atoms with E-state index >= 15 is 0 Å². The van der Waals surface area contributed by atoms with E-state index in [2.05, 4.69) is 24.4 Å². The minimum atomic E-state index is -0.183. The topological polar surface area (TPSA) is 29.1 Å². The molecule has 0 aliphatic carbocycles. The molecule has 92 valence electrons. The van der Waals surface area contributed by atoms with Crippen molar-refractivity contribution >= 4 is 5.91 Å². The molecule has 0 spiro atoms. The van der Waals surface area contributed by atoms with E-state index in [1.807, 2.05) is 18.2 Å². The molecule has 17 heavy (non-hydrogen) atoms. The highest BCUT2D eigenvalue weighted by Crippen LogP contribution is 2.34. The van der Waals surface area contributed by atoms with Crippen molar-refractivity contribution in [3.63, 3.8) is 0 Å². The molecule has 1 N–H and O–H groups in total. The lowest BCUT2D eigenvalue weighted by molar-refractivity contribution is -0.131. The standard InChI is InChI=1S/C15H21NO/c1-2-15(10-6-7-11-16-14(15)17)12-13-8-4-3-5-9-13/h3-5,8-9H,2,6-7,10-12H2,1H3,(H,16,17). The average molecular weight is 231 g/mol. The van der Waals surface area contributed by atoms with Crippen molar-refractivity contribution in [2.45, 2.75) is 39.0 Å². The van der Waals surface area contributed by atoms with Crippen molar-refractivity contribution in [1.29, 1.82) is 0 Å². The molecule has 1 aromatic rings. The maximum Gasteiger partial charge on any atom is 0.226 e. The fraction of sp³-hybridized carbons (Fsp3) is 0.533. The zero-order chi connectivity index (χ0) is 12.1. The molecular weight excluding hydrogens is 210 g/mol. The molecule has 1 saturated heterocycles. The van der Waals surface area contributed by atoms with Gasteiger partial charge in [0.15, 0.2) is 0 Å². The van der Waals surface area contributed by atoms with E-state index in [1.165, 1.54) is 5.56 Å². The van der Waals surface area contributed by atoms with Crippen LogP contribution in [-0.4, -0.2) is 12.5 Å². The summed E-state index contributed by atoms with van der Waals surface area (Å²) in [5.41, 5.74) is 1.09. The van der Waals surface area contributed by atoms with Crippen LogP contribution in [0.25, 0.3) is 0 Å². The van der Waals surface area contributed by atoms with Gasteiger partial charge >= 0.3 is 0 Å². The van der Waals surface area contributed by atoms with Gasteiger partial charge in [0.25, 0.3) is 0 Å². The Labute approximate surface area is 103 Å². The zero-order valence-corrected chi connectivity index (χ0v) is 10.5. The Kier molecular flexibility index (Phi) is 3.82. The van der Waals surface area contributed by atoms with Crippen LogP contribution in [0, 0.1) is 5.41 Å². The molecule has 0 radical (unpaired) electrons. The van der Waals surface area contributed by atoms with Crippen LogP contribution in [0.4, 0.5) is 0 Å². The molecule has 0 saturated carbocycles. The van der Waals surface area contributed by atoms with Gasteiger partial charge in [-0.05, 0) is 31.2 Å². The number of amides is 1. The van der Waals surface area contributed by atoms with Crippen LogP contribution >= 0.6 is 0 Å². The molecule has 1 unspecified atom stereocenters. The Morgan fingerprint density at radius 3 is 2.71 bits per heavy atom. The molecular formula is C15H21NO. The van der Waals surface area contributed by atoms with E-state index in [-0.39, 0.29) is 11.3 Å². The highest BCUT2D eigenvalue weighted by Gasteiger charge is 2.37. The van der Waals surface area contributed by atoms with Crippen LogP contribution in [0.5, 0.6) is 0 Å². The summed E-state index contributed by atoms with van der Waals surface area (Å²) in [7, 11) is 0. The van der Waals surface area contributed by atoms with E-state index in [0.29, 0.717) is 0 Å². The summed E-state index contributed by atoms with van der Waals surface area (Å²) in [5, 5.41) is 3.07. The Morgan fingerprint density at radius 2 is 2.00 bits per heavy atom. The third kappa shape index (κ3) is 2.68. The molecule has 0 bridgehead atoms. The van der Waals surface area contributed by atoms with Crippen LogP contribution in [0.3, 0.4) is 0 Å². The highest BCUT2D eigenvalue weighted by molar-refractivity contribution is 5.83. The molecule has 1 aliphatic heterocycles. The fourth-order valence-corrected chi connectivity index (χ4v) is 2.71. The normalized spacial score (nSPS) is 25.1. The molecule has 1 aromatic carbocycles. The predicted molar refractivity (Wildman–Crippen MR) is 69.7 cm³/mol. The predicted octanol–water partition coefficient (Wildman–Crippen LogP) is 2.93. The second-order valence-corrected chi connectivity index (χ2v) is 5.01. The van der Waals surface area contributed by atoms with Crippen LogP contribution in [0.1, 0.15) is 38.2 Å². The first-order chi connectivity index (χ1) is 8.27. The minimum Gasteiger partial charge on any atom is -0.356 e. The van der Waals surface area contributed by atoms with Gasteiger partial charge in [-0.1, -0.05) is 43.7 Å². The van der Waals surface area contributed by atoms with Gasteiger partial charge in [0.1, 0.15) is 0 Å². The number of carbonyl (C=O) groups is 1. The van der Waals surface area contributed by atoms with Gasteiger partial charge in [0.05, 0.1) is 5.41 Å². The molecule has 2 nitrogen and oxygen atoms in total. The van der Waals surface area contributed by atoms with Crippen LogP contribution in [0.2, 0.25) is 0 Å². The van der Waals surface area contributed by atoms with Gasteiger partial charge in [-0.25, -0.2) is 0 Å². The number of benzene rings is 1. The summed E-state index contributed by atoms with van der Waals surface area (Å²) < 4.78 is 0. The summed E-state index contributed by atoms with van der Waals surface area (Å²) in [6, 6.07) is 10.4. The Balaban J connectivity index is 2.20. The van der Waals surface area contributed by atoms with Gasteiger partial charge < -0.3 is 5.32 Å². The molecule has 1 aliphatic rings. The molecule has 2 heteroatoms. The minimum absolute atomic E-state index is 0.183. The van der Waals surface area contributed by atoms with Crippen molar-refractivity contribution in [2.75, 3.05) is 6.54 Å². The van der Waals surface area contributed by atoms with E-state index in [4.69, 9.17) is 0 Å². The molecule has 1 heterocycles. The lowest BCUT2D eigenvalue weighted by Crippen LogP contribution is -2.40. The zero-order valence-electron chi connectivity index (χ0n) is 10.5. The number of hydrogen-bond donors (Lipinski definition) is 1. The summed E-state index contributed by atoms with van der Waals surface area (Å²) in [5.74, 6) is 0.251. The van der Waals surface area contributed by atoms with Crippen molar-refractivity contribution < 1.29 is 4.79 Å². The summed E-state index contributed by atoms with van der Waals surface area (Å²) in [6.45, 7) is 2.98. The first kappa shape index (κ1) is 12.2. The van der Waals surface area contributed by atoms with E-state index in [1.54, 1.807) is 0 Å². The third-order valence-corrected chi connectivity index (χ3v) is 3.91. The highest BCUT2D eigenvalue weighted by atomic mass is 16.2. The van der Waals surface area contributed by atoms with Gasteiger partial charge in [-0.2, -0.15) is 0 Å². The van der Waals surface area contributed by atoms with Gasteiger partial charge in [-0.3, -0.25) is 4.79 Å². The van der Waals surface area contributed by atoms with Crippen molar-refractivity contribution in [3.8, 4) is 0 Å².